The van der Waals surface area contributed by atoms with E-state index in [0.717, 1.165) is 12.1 Å². The number of hydrogen-bond donors (Lipinski definition) is 0. The van der Waals surface area contributed by atoms with Gasteiger partial charge in [0.05, 0.1) is 0 Å². The zero-order valence-corrected chi connectivity index (χ0v) is 13.8. The molecule has 4 heteroatoms. The third-order valence-electron chi connectivity index (χ3n) is 4.02. The minimum atomic E-state index is 0.0341. The predicted molar refractivity (Wildman–Crippen MR) is 94.9 cm³/mol. The molecular formula is C20H21N3O. The molecule has 24 heavy (non-hydrogen) atoms. The van der Waals surface area contributed by atoms with E-state index >= 15 is 0 Å². The van der Waals surface area contributed by atoms with Gasteiger partial charge in [0.25, 0.3) is 5.91 Å². The van der Waals surface area contributed by atoms with Gasteiger partial charge in [-0.05, 0) is 29.8 Å². The van der Waals surface area contributed by atoms with E-state index in [1.54, 1.807) is 11.1 Å². The van der Waals surface area contributed by atoms with Crippen LogP contribution in [-0.4, -0.2) is 34.0 Å². The minimum absolute atomic E-state index is 0.0341. The van der Waals surface area contributed by atoms with Crippen LogP contribution in [0.25, 0.3) is 0 Å². The number of amides is 1. The molecule has 0 unspecified atom stereocenters. The minimum Gasteiger partial charge on any atom is -0.340 e. The van der Waals surface area contributed by atoms with E-state index in [0.29, 0.717) is 18.8 Å². The molecule has 3 aromatic rings. The average molecular weight is 319 g/mol. The summed E-state index contributed by atoms with van der Waals surface area (Å²) >= 11 is 0. The molecule has 0 spiro atoms. The fourth-order valence-electron chi connectivity index (χ4n) is 2.65. The van der Waals surface area contributed by atoms with Gasteiger partial charge in [-0.2, -0.15) is 0 Å². The van der Waals surface area contributed by atoms with Crippen LogP contribution in [0.15, 0.2) is 73.1 Å². The second kappa shape index (κ2) is 7.59. The molecule has 0 bridgehead atoms. The van der Waals surface area contributed by atoms with Crippen molar-refractivity contribution in [1.82, 2.24) is 14.5 Å². The molecule has 2 heterocycles. The van der Waals surface area contributed by atoms with E-state index in [9.17, 15) is 4.79 Å². The van der Waals surface area contributed by atoms with Gasteiger partial charge in [-0.25, -0.2) is 0 Å². The van der Waals surface area contributed by atoms with Crippen LogP contribution in [0.1, 0.15) is 21.7 Å². The first-order valence-electron chi connectivity index (χ1n) is 8.08. The molecule has 3 rings (SSSR count). The Bertz CT molecular complexity index is 781. The highest BCUT2D eigenvalue weighted by Gasteiger charge is 2.15. The van der Waals surface area contributed by atoms with Crippen molar-refractivity contribution < 1.29 is 4.79 Å². The largest absolute Gasteiger partial charge is 0.340 e. The van der Waals surface area contributed by atoms with Gasteiger partial charge in [0, 0.05) is 44.6 Å². The van der Waals surface area contributed by atoms with E-state index in [4.69, 9.17) is 0 Å². The second-order valence-electron chi connectivity index (χ2n) is 5.80. The van der Waals surface area contributed by atoms with E-state index in [1.165, 1.54) is 5.56 Å². The Morgan fingerprint density at radius 3 is 2.58 bits per heavy atom. The maximum atomic E-state index is 12.7. The number of pyridine rings is 1. The summed E-state index contributed by atoms with van der Waals surface area (Å²) in [6, 6.07) is 19.8. The first-order chi connectivity index (χ1) is 11.7. The molecule has 0 aliphatic rings. The fourth-order valence-corrected chi connectivity index (χ4v) is 2.65. The summed E-state index contributed by atoms with van der Waals surface area (Å²) in [5.74, 6) is 0.0341. The number of aromatic nitrogens is 2. The topological polar surface area (TPSA) is 38.1 Å². The summed E-state index contributed by atoms with van der Waals surface area (Å²) in [5, 5.41) is 0. The van der Waals surface area contributed by atoms with E-state index in [1.807, 2.05) is 66.3 Å². The summed E-state index contributed by atoms with van der Waals surface area (Å²) in [7, 11) is 1.84. The summed E-state index contributed by atoms with van der Waals surface area (Å²) in [6.07, 6.45) is 4.48. The van der Waals surface area contributed by atoms with Gasteiger partial charge < -0.3 is 9.47 Å². The SMILES string of the molecule is CN(CCc1ccccn1)C(=O)c1cccn1Cc1ccccc1. The molecular weight excluding hydrogens is 298 g/mol. The standard InChI is InChI=1S/C20H21N3O/c1-22(15-12-18-10-5-6-13-21-18)20(24)19-11-7-14-23(19)16-17-8-3-2-4-9-17/h2-11,13-14H,12,15-16H2,1H3. The van der Waals surface area contributed by atoms with E-state index in [-0.39, 0.29) is 5.91 Å². The summed E-state index contributed by atoms with van der Waals surface area (Å²) < 4.78 is 1.99. The molecule has 0 aliphatic carbocycles. The Morgan fingerprint density at radius 2 is 1.83 bits per heavy atom. The van der Waals surface area contributed by atoms with Gasteiger partial charge in [0.1, 0.15) is 5.69 Å². The highest BCUT2D eigenvalue weighted by molar-refractivity contribution is 5.92. The lowest BCUT2D eigenvalue weighted by molar-refractivity contribution is 0.0786. The number of likely N-dealkylation sites (N-methyl/N-ethyl adjacent to an activating group) is 1. The molecule has 2 aromatic heterocycles. The lowest BCUT2D eigenvalue weighted by atomic mass is 10.2. The van der Waals surface area contributed by atoms with Crippen LogP contribution in [0, 0.1) is 0 Å². The van der Waals surface area contributed by atoms with Crippen molar-refractivity contribution >= 4 is 5.91 Å². The van der Waals surface area contributed by atoms with E-state index < -0.39 is 0 Å². The lowest BCUT2D eigenvalue weighted by Gasteiger charge is -2.18. The monoisotopic (exact) mass is 319 g/mol. The number of nitrogens with zero attached hydrogens (tertiary/aromatic N) is 3. The highest BCUT2D eigenvalue weighted by Crippen LogP contribution is 2.10. The van der Waals surface area contributed by atoms with Crippen LogP contribution in [0.3, 0.4) is 0 Å². The third-order valence-corrected chi connectivity index (χ3v) is 4.02. The van der Waals surface area contributed by atoms with E-state index in [2.05, 4.69) is 17.1 Å². The van der Waals surface area contributed by atoms with Crippen molar-refractivity contribution in [3.05, 3.63) is 90.0 Å². The number of hydrogen-bond acceptors (Lipinski definition) is 2. The van der Waals surface area contributed by atoms with Crippen LogP contribution in [0.2, 0.25) is 0 Å². The van der Waals surface area contributed by atoms with Crippen LogP contribution in [0.4, 0.5) is 0 Å². The van der Waals surface area contributed by atoms with Crippen LogP contribution in [0.5, 0.6) is 0 Å². The molecule has 0 radical (unpaired) electrons. The number of benzene rings is 1. The molecule has 0 saturated carbocycles. The zero-order chi connectivity index (χ0) is 16.8. The predicted octanol–water partition coefficient (Wildman–Crippen LogP) is 3.25. The lowest BCUT2D eigenvalue weighted by Crippen LogP contribution is -2.30. The average Bonchev–Trinajstić information content (AvgIpc) is 3.09. The maximum absolute atomic E-state index is 12.7. The van der Waals surface area contributed by atoms with Gasteiger partial charge in [-0.3, -0.25) is 9.78 Å². The summed E-state index contributed by atoms with van der Waals surface area (Å²) in [6.45, 7) is 1.34. The first-order valence-corrected chi connectivity index (χ1v) is 8.08. The van der Waals surface area contributed by atoms with Crippen molar-refractivity contribution in [2.75, 3.05) is 13.6 Å². The highest BCUT2D eigenvalue weighted by atomic mass is 16.2. The molecule has 4 nitrogen and oxygen atoms in total. The van der Waals surface area contributed by atoms with Crippen LogP contribution >= 0.6 is 0 Å². The smallest absolute Gasteiger partial charge is 0.270 e. The van der Waals surface area contributed by atoms with Gasteiger partial charge >= 0.3 is 0 Å². The Balaban J connectivity index is 1.65. The Labute approximate surface area is 142 Å². The fraction of sp³-hybridized carbons (Fsp3) is 0.200. The Kier molecular flexibility index (Phi) is 5.06. The normalized spacial score (nSPS) is 10.5. The number of carbonyl (C=O) groups excluding carboxylic acids is 1. The molecule has 1 amide bonds. The quantitative estimate of drug-likeness (QED) is 0.699. The molecule has 1 aromatic carbocycles. The molecule has 0 aliphatic heterocycles. The molecule has 0 atom stereocenters. The van der Waals surface area contributed by atoms with Crippen molar-refractivity contribution in [3.8, 4) is 0 Å². The summed E-state index contributed by atoms with van der Waals surface area (Å²) in [4.78, 5) is 18.8. The Morgan fingerprint density at radius 1 is 1.04 bits per heavy atom. The van der Waals surface area contributed by atoms with Crippen molar-refractivity contribution in [1.29, 1.82) is 0 Å². The molecule has 0 saturated heterocycles. The number of rotatable bonds is 6. The van der Waals surface area contributed by atoms with Crippen molar-refractivity contribution in [2.24, 2.45) is 0 Å². The van der Waals surface area contributed by atoms with Crippen molar-refractivity contribution in [3.63, 3.8) is 0 Å². The van der Waals surface area contributed by atoms with Crippen molar-refractivity contribution in [2.45, 2.75) is 13.0 Å². The zero-order valence-electron chi connectivity index (χ0n) is 13.8. The van der Waals surface area contributed by atoms with Gasteiger partial charge in [0.2, 0.25) is 0 Å². The van der Waals surface area contributed by atoms with Gasteiger partial charge in [-0.1, -0.05) is 36.4 Å². The Hall–Kier alpha value is -2.88. The van der Waals surface area contributed by atoms with Crippen LogP contribution in [-0.2, 0) is 13.0 Å². The first kappa shape index (κ1) is 16.0. The molecule has 0 N–H and O–H groups in total. The van der Waals surface area contributed by atoms with Gasteiger partial charge in [-0.15, -0.1) is 0 Å². The van der Waals surface area contributed by atoms with Crippen LogP contribution < -0.4 is 0 Å². The number of carbonyl (C=O) groups is 1. The third kappa shape index (κ3) is 3.90. The molecule has 0 fully saturated rings. The van der Waals surface area contributed by atoms with Gasteiger partial charge in [0.15, 0.2) is 0 Å². The maximum Gasteiger partial charge on any atom is 0.270 e. The molecule has 122 valence electrons. The second-order valence-corrected chi connectivity index (χ2v) is 5.80. The summed E-state index contributed by atoms with van der Waals surface area (Å²) in [5.41, 5.74) is 2.89.